The van der Waals surface area contributed by atoms with E-state index in [1.807, 2.05) is 23.6 Å². The summed E-state index contributed by atoms with van der Waals surface area (Å²) in [6.07, 6.45) is 2.38. The van der Waals surface area contributed by atoms with Crippen molar-refractivity contribution >= 4 is 60.6 Å². The van der Waals surface area contributed by atoms with Crippen molar-refractivity contribution in [2.24, 2.45) is 0 Å². The zero-order valence-electron chi connectivity index (χ0n) is 17.7. The maximum atomic E-state index is 13.2. The first kappa shape index (κ1) is 23.8. The van der Waals surface area contributed by atoms with Crippen LogP contribution in [0.1, 0.15) is 41.6 Å². The molecule has 0 aliphatic rings. The van der Waals surface area contributed by atoms with E-state index in [4.69, 9.17) is 23.2 Å². The molecule has 0 aliphatic carbocycles. The predicted molar refractivity (Wildman–Crippen MR) is 133 cm³/mol. The Morgan fingerprint density at radius 3 is 2.61 bits per heavy atom. The number of carbonyl (C=O) groups excluding carboxylic acids is 1. The van der Waals surface area contributed by atoms with Crippen LogP contribution in [0.2, 0.25) is 10.2 Å². The van der Waals surface area contributed by atoms with Crippen LogP contribution in [-0.2, 0) is 23.0 Å². The fourth-order valence-corrected chi connectivity index (χ4v) is 6.19. The maximum Gasteiger partial charge on any atom is 0.284 e. The Labute approximate surface area is 206 Å². The SMILES string of the molecule is CCCCc1nc(Cl)c(C(=O)NS(=O)(=O)c2ccccc2)n1Cc1csc2cccc(Cl)c12. The van der Waals surface area contributed by atoms with Crippen LogP contribution in [-0.4, -0.2) is 23.9 Å². The summed E-state index contributed by atoms with van der Waals surface area (Å²) in [6, 6.07) is 13.4. The van der Waals surface area contributed by atoms with Gasteiger partial charge in [0, 0.05) is 21.5 Å². The normalized spacial score (nSPS) is 11.7. The summed E-state index contributed by atoms with van der Waals surface area (Å²) >= 11 is 14.4. The lowest BCUT2D eigenvalue weighted by Gasteiger charge is -2.13. The van der Waals surface area contributed by atoms with E-state index in [0.717, 1.165) is 28.5 Å². The topological polar surface area (TPSA) is 81.1 Å². The van der Waals surface area contributed by atoms with Gasteiger partial charge in [-0.2, -0.15) is 0 Å². The third-order valence-electron chi connectivity index (χ3n) is 5.21. The molecule has 0 fully saturated rings. The van der Waals surface area contributed by atoms with E-state index in [0.29, 0.717) is 17.3 Å². The molecule has 0 aliphatic heterocycles. The molecule has 1 amide bonds. The van der Waals surface area contributed by atoms with Crippen molar-refractivity contribution < 1.29 is 13.2 Å². The van der Waals surface area contributed by atoms with Gasteiger partial charge in [-0.25, -0.2) is 18.1 Å². The van der Waals surface area contributed by atoms with Crippen molar-refractivity contribution in [2.45, 2.75) is 37.6 Å². The van der Waals surface area contributed by atoms with Crippen LogP contribution in [0.5, 0.6) is 0 Å². The van der Waals surface area contributed by atoms with E-state index in [1.54, 1.807) is 34.1 Å². The lowest BCUT2D eigenvalue weighted by atomic mass is 10.1. The molecule has 2 aromatic carbocycles. The summed E-state index contributed by atoms with van der Waals surface area (Å²) in [4.78, 5) is 17.5. The molecule has 0 radical (unpaired) electrons. The van der Waals surface area contributed by atoms with Crippen molar-refractivity contribution in [1.82, 2.24) is 14.3 Å². The fourth-order valence-electron chi connectivity index (χ4n) is 3.60. The number of aromatic nitrogens is 2. The maximum absolute atomic E-state index is 13.2. The first-order chi connectivity index (χ1) is 15.8. The van der Waals surface area contributed by atoms with Crippen molar-refractivity contribution in [3.05, 3.63) is 81.2 Å². The van der Waals surface area contributed by atoms with Crippen molar-refractivity contribution in [2.75, 3.05) is 0 Å². The number of hydrogen-bond acceptors (Lipinski definition) is 5. The highest BCUT2D eigenvalue weighted by Crippen LogP contribution is 2.33. The summed E-state index contributed by atoms with van der Waals surface area (Å²) < 4.78 is 30.3. The molecule has 0 spiro atoms. The molecule has 0 atom stereocenters. The van der Waals surface area contributed by atoms with Crippen LogP contribution in [0.3, 0.4) is 0 Å². The molecule has 33 heavy (non-hydrogen) atoms. The van der Waals surface area contributed by atoms with Gasteiger partial charge in [-0.3, -0.25) is 4.79 Å². The quantitative estimate of drug-likeness (QED) is 0.312. The molecular weight excluding hydrogens is 501 g/mol. The van der Waals surface area contributed by atoms with E-state index in [1.165, 1.54) is 12.1 Å². The van der Waals surface area contributed by atoms with E-state index >= 15 is 0 Å². The standard InChI is InChI=1S/C23H21Cl2N3O3S2/c1-2-3-12-19-26-22(25)21(23(29)27-33(30,31)16-8-5-4-6-9-16)28(19)13-15-14-32-18-11-7-10-17(24)20(15)18/h4-11,14H,2-3,12-13H2,1H3,(H,27,29). The molecule has 0 unspecified atom stereocenters. The van der Waals surface area contributed by atoms with E-state index in [-0.39, 0.29) is 22.3 Å². The molecule has 6 nitrogen and oxygen atoms in total. The van der Waals surface area contributed by atoms with Gasteiger partial charge < -0.3 is 4.57 Å². The van der Waals surface area contributed by atoms with Gasteiger partial charge in [0.15, 0.2) is 5.15 Å². The second-order valence-corrected chi connectivity index (χ2v) is 10.8. The number of nitrogens with one attached hydrogen (secondary N) is 1. The first-order valence-corrected chi connectivity index (χ1v) is 13.5. The Morgan fingerprint density at radius 1 is 1.12 bits per heavy atom. The molecule has 4 aromatic rings. The molecule has 0 saturated heterocycles. The van der Waals surface area contributed by atoms with Crippen LogP contribution in [0.4, 0.5) is 0 Å². The number of imidazole rings is 1. The largest absolute Gasteiger partial charge is 0.318 e. The number of carbonyl (C=O) groups is 1. The number of fused-ring (bicyclic) bond motifs is 1. The van der Waals surface area contributed by atoms with E-state index in [9.17, 15) is 13.2 Å². The predicted octanol–water partition coefficient (Wildman–Crippen LogP) is 5.91. The highest BCUT2D eigenvalue weighted by molar-refractivity contribution is 7.90. The van der Waals surface area contributed by atoms with Crippen LogP contribution < -0.4 is 4.72 Å². The number of aryl methyl sites for hydroxylation is 1. The molecule has 2 aromatic heterocycles. The minimum Gasteiger partial charge on any atom is -0.318 e. The van der Waals surface area contributed by atoms with Gasteiger partial charge in [-0.05, 0) is 41.6 Å². The average Bonchev–Trinajstić information content (AvgIpc) is 3.34. The molecule has 0 saturated carbocycles. The van der Waals surface area contributed by atoms with Gasteiger partial charge in [0.2, 0.25) is 0 Å². The fraction of sp³-hybridized carbons (Fsp3) is 0.217. The number of rotatable bonds is 8. The summed E-state index contributed by atoms with van der Waals surface area (Å²) in [6.45, 7) is 2.34. The monoisotopic (exact) mass is 521 g/mol. The summed E-state index contributed by atoms with van der Waals surface area (Å²) in [5, 5.41) is 3.46. The third kappa shape index (κ3) is 4.94. The number of amides is 1. The van der Waals surface area contributed by atoms with Crippen molar-refractivity contribution in [3.8, 4) is 0 Å². The molecule has 2 heterocycles. The summed E-state index contributed by atoms with van der Waals surface area (Å²) in [5.74, 6) is -0.208. The number of unbranched alkanes of at least 4 members (excludes halogenated alkanes) is 1. The van der Waals surface area contributed by atoms with Crippen LogP contribution in [0.15, 0.2) is 58.8 Å². The Kier molecular flexibility index (Phi) is 7.09. The minimum absolute atomic E-state index is 0.00804. The second kappa shape index (κ2) is 9.85. The Balaban J connectivity index is 1.75. The molecule has 1 N–H and O–H groups in total. The van der Waals surface area contributed by atoms with Gasteiger partial charge in [0.05, 0.1) is 11.4 Å². The molecule has 10 heteroatoms. The number of thiophene rings is 1. The highest BCUT2D eigenvalue weighted by Gasteiger charge is 2.27. The number of benzene rings is 2. The zero-order valence-corrected chi connectivity index (χ0v) is 20.9. The molecule has 4 rings (SSSR count). The average molecular weight is 522 g/mol. The smallest absolute Gasteiger partial charge is 0.284 e. The Bertz CT molecular complexity index is 1410. The molecular formula is C23H21Cl2N3O3S2. The number of halogens is 2. The van der Waals surface area contributed by atoms with E-state index in [2.05, 4.69) is 16.6 Å². The van der Waals surface area contributed by atoms with Gasteiger partial charge in [-0.1, -0.05) is 60.8 Å². The Hall–Kier alpha value is -2.39. The zero-order chi connectivity index (χ0) is 23.6. The molecule has 172 valence electrons. The third-order valence-corrected chi connectivity index (χ3v) is 8.13. The van der Waals surface area contributed by atoms with Gasteiger partial charge >= 0.3 is 0 Å². The number of sulfonamides is 1. The summed E-state index contributed by atoms with van der Waals surface area (Å²) in [5.41, 5.74) is 0.918. The van der Waals surface area contributed by atoms with Crippen LogP contribution in [0.25, 0.3) is 10.1 Å². The second-order valence-electron chi connectivity index (χ2n) is 7.48. The van der Waals surface area contributed by atoms with Crippen LogP contribution in [0, 0.1) is 0 Å². The lowest BCUT2D eigenvalue weighted by molar-refractivity contribution is 0.0972. The first-order valence-electron chi connectivity index (χ1n) is 10.3. The summed E-state index contributed by atoms with van der Waals surface area (Å²) in [7, 11) is -4.07. The van der Waals surface area contributed by atoms with Crippen molar-refractivity contribution in [1.29, 1.82) is 0 Å². The van der Waals surface area contributed by atoms with Gasteiger partial charge in [0.25, 0.3) is 15.9 Å². The lowest BCUT2D eigenvalue weighted by Crippen LogP contribution is -2.32. The van der Waals surface area contributed by atoms with E-state index < -0.39 is 15.9 Å². The Morgan fingerprint density at radius 2 is 1.88 bits per heavy atom. The highest BCUT2D eigenvalue weighted by atomic mass is 35.5. The molecule has 0 bridgehead atoms. The van der Waals surface area contributed by atoms with Gasteiger partial charge in [0.1, 0.15) is 11.5 Å². The van der Waals surface area contributed by atoms with Gasteiger partial charge in [-0.15, -0.1) is 11.3 Å². The minimum atomic E-state index is -4.07. The van der Waals surface area contributed by atoms with Crippen molar-refractivity contribution in [3.63, 3.8) is 0 Å². The number of hydrogen-bond donors (Lipinski definition) is 1. The van der Waals surface area contributed by atoms with Crippen LogP contribution >= 0.6 is 34.5 Å². The number of nitrogens with zero attached hydrogens (tertiary/aromatic N) is 2.